The molecule has 4 heteroatoms. The first-order valence-corrected chi connectivity index (χ1v) is 7.29. The Morgan fingerprint density at radius 2 is 2.11 bits per heavy atom. The average molecular weight is 255 g/mol. The lowest BCUT2D eigenvalue weighted by molar-refractivity contribution is -0.128. The lowest BCUT2D eigenvalue weighted by Gasteiger charge is -2.19. The summed E-state index contributed by atoms with van der Waals surface area (Å²) in [7, 11) is 3.63. The molecule has 1 atom stereocenters. The maximum Gasteiger partial charge on any atom is 0.223 e. The summed E-state index contributed by atoms with van der Waals surface area (Å²) in [5, 5.41) is 3.54. The van der Waals surface area contributed by atoms with Gasteiger partial charge >= 0.3 is 0 Å². The first-order chi connectivity index (χ1) is 8.63. The highest BCUT2D eigenvalue weighted by atomic mass is 16.2. The van der Waals surface area contributed by atoms with Crippen molar-refractivity contribution in [1.29, 1.82) is 0 Å². The van der Waals surface area contributed by atoms with Crippen molar-refractivity contribution < 1.29 is 4.79 Å². The molecule has 0 aromatic heterocycles. The smallest absolute Gasteiger partial charge is 0.223 e. The molecule has 1 unspecified atom stereocenters. The third-order valence-electron chi connectivity index (χ3n) is 3.63. The Morgan fingerprint density at radius 3 is 2.78 bits per heavy atom. The van der Waals surface area contributed by atoms with Crippen LogP contribution in [-0.4, -0.2) is 62.0 Å². The molecule has 1 heterocycles. The highest BCUT2D eigenvalue weighted by Crippen LogP contribution is 2.11. The molecule has 0 aromatic carbocycles. The molecule has 1 saturated heterocycles. The zero-order valence-corrected chi connectivity index (χ0v) is 12.2. The van der Waals surface area contributed by atoms with Crippen molar-refractivity contribution in [3.05, 3.63) is 0 Å². The second kappa shape index (κ2) is 8.48. The van der Waals surface area contributed by atoms with Gasteiger partial charge in [-0.15, -0.1) is 0 Å². The van der Waals surface area contributed by atoms with E-state index in [1.165, 1.54) is 45.3 Å². The van der Waals surface area contributed by atoms with E-state index in [-0.39, 0.29) is 5.91 Å². The van der Waals surface area contributed by atoms with E-state index < -0.39 is 0 Å². The van der Waals surface area contributed by atoms with Crippen LogP contribution < -0.4 is 5.32 Å². The molecule has 18 heavy (non-hydrogen) atoms. The molecule has 1 rings (SSSR count). The summed E-state index contributed by atoms with van der Waals surface area (Å²) in [5.41, 5.74) is 0. The van der Waals surface area contributed by atoms with E-state index in [2.05, 4.69) is 17.1 Å². The second-order valence-corrected chi connectivity index (χ2v) is 5.46. The molecule has 0 aliphatic carbocycles. The molecule has 0 bridgehead atoms. The fraction of sp³-hybridized carbons (Fsp3) is 0.929. The summed E-state index contributed by atoms with van der Waals surface area (Å²) in [4.78, 5) is 15.7. The summed E-state index contributed by atoms with van der Waals surface area (Å²) in [6, 6.07) is 0.599. The van der Waals surface area contributed by atoms with Crippen LogP contribution >= 0.6 is 0 Å². The van der Waals surface area contributed by atoms with Crippen LogP contribution in [0.2, 0.25) is 0 Å². The quantitative estimate of drug-likeness (QED) is 0.777. The van der Waals surface area contributed by atoms with Gasteiger partial charge in [-0.25, -0.2) is 0 Å². The first kappa shape index (κ1) is 15.4. The van der Waals surface area contributed by atoms with E-state index in [0.29, 0.717) is 12.5 Å². The zero-order valence-electron chi connectivity index (χ0n) is 12.2. The predicted molar refractivity (Wildman–Crippen MR) is 75.7 cm³/mol. The van der Waals surface area contributed by atoms with Crippen LogP contribution in [0.3, 0.4) is 0 Å². The van der Waals surface area contributed by atoms with Gasteiger partial charge in [0.25, 0.3) is 0 Å². The monoisotopic (exact) mass is 255 g/mol. The Bertz CT molecular complexity index is 243. The number of hydrogen-bond acceptors (Lipinski definition) is 3. The molecule has 106 valence electrons. The van der Waals surface area contributed by atoms with Crippen LogP contribution in [0.15, 0.2) is 0 Å². The molecular weight excluding hydrogens is 226 g/mol. The number of rotatable bonds is 6. The van der Waals surface area contributed by atoms with Crippen molar-refractivity contribution in [2.75, 3.05) is 40.3 Å². The van der Waals surface area contributed by atoms with E-state index >= 15 is 0 Å². The maximum absolute atomic E-state index is 11.5. The fourth-order valence-corrected chi connectivity index (χ4v) is 2.51. The van der Waals surface area contributed by atoms with E-state index in [4.69, 9.17) is 0 Å². The van der Waals surface area contributed by atoms with Gasteiger partial charge in [-0.1, -0.05) is 6.92 Å². The summed E-state index contributed by atoms with van der Waals surface area (Å²) in [6.07, 6.45) is 5.60. The van der Waals surface area contributed by atoms with Crippen molar-refractivity contribution >= 4 is 5.91 Å². The van der Waals surface area contributed by atoms with E-state index in [1.807, 2.05) is 14.1 Å². The molecule has 1 N–H and O–H groups in total. The molecular formula is C14H29N3O. The Kier molecular flexibility index (Phi) is 7.28. The van der Waals surface area contributed by atoms with Crippen molar-refractivity contribution in [3.63, 3.8) is 0 Å². The van der Waals surface area contributed by atoms with Gasteiger partial charge in [0, 0.05) is 33.1 Å². The molecule has 4 nitrogen and oxygen atoms in total. The molecule has 0 radical (unpaired) electrons. The number of carbonyl (C=O) groups excluding carboxylic acids is 1. The van der Waals surface area contributed by atoms with Crippen molar-refractivity contribution in [3.8, 4) is 0 Å². The topological polar surface area (TPSA) is 35.6 Å². The van der Waals surface area contributed by atoms with Crippen molar-refractivity contribution in [2.24, 2.45) is 0 Å². The Hall–Kier alpha value is -0.610. The van der Waals surface area contributed by atoms with Crippen LogP contribution in [0.25, 0.3) is 0 Å². The standard InChI is InChI=1S/C14H29N3O/c1-4-10-17-11-5-6-13(8-12-17)15-9-7-14(18)16(2)3/h13,15H,4-12H2,1-3H3. The first-order valence-electron chi connectivity index (χ1n) is 7.29. The Labute approximate surface area is 112 Å². The van der Waals surface area contributed by atoms with E-state index in [0.717, 1.165) is 6.54 Å². The lowest BCUT2D eigenvalue weighted by atomic mass is 10.1. The molecule has 1 amide bonds. The van der Waals surface area contributed by atoms with E-state index in [1.54, 1.807) is 4.90 Å². The summed E-state index contributed by atoms with van der Waals surface area (Å²) < 4.78 is 0. The van der Waals surface area contributed by atoms with Crippen molar-refractivity contribution in [2.45, 2.75) is 45.1 Å². The lowest BCUT2D eigenvalue weighted by Crippen LogP contribution is -2.34. The number of nitrogens with zero attached hydrogens (tertiary/aromatic N) is 2. The van der Waals surface area contributed by atoms with Gasteiger partial charge in [0.1, 0.15) is 0 Å². The molecule has 1 aliphatic heterocycles. The molecule has 1 aliphatic rings. The summed E-state index contributed by atoms with van der Waals surface area (Å²) in [6.45, 7) is 6.73. The summed E-state index contributed by atoms with van der Waals surface area (Å²) >= 11 is 0. The van der Waals surface area contributed by atoms with Crippen LogP contribution in [0, 0.1) is 0 Å². The van der Waals surface area contributed by atoms with Gasteiger partial charge in [-0.05, 0) is 45.3 Å². The second-order valence-electron chi connectivity index (χ2n) is 5.46. The van der Waals surface area contributed by atoms with Crippen LogP contribution in [0.4, 0.5) is 0 Å². The minimum Gasteiger partial charge on any atom is -0.349 e. The minimum atomic E-state index is 0.212. The van der Waals surface area contributed by atoms with Gasteiger partial charge < -0.3 is 15.1 Å². The molecule has 1 fully saturated rings. The summed E-state index contributed by atoms with van der Waals surface area (Å²) in [5.74, 6) is 0.212. The van der Waals surface area contributed by atoms with Crippen LogP contribution in [-0.2, 0) is 4.79 Å². The normalized spacial score (nSPS) is 21.6. The third kappa shape index (κ3) is 5.83. The number of amides is 1. The highest BCUT2D eigenvalue weighted by molar-refractivity contribution is 5.75. The predicted octanol–water partition coefficient (Wildman–Crippen LogP) is 1.32. The van der Waals surface area contributed by atoms with E-state index in [9.17, 15) is 4.79 Å². The number of likely N-dealkylation sites (tertiary alicyclic amines) is 1. The molecule has 0 spiro atoms. The Morgan fingerprint density at radius 1 is 1.33 bits per heavy atom. The number of nitrogens with one attached hydrogen (secondary N) is 1. The maximum atomic E-state index is 11.5. The van der Waals surface area contributed by atoms with Crippen LogP contribution in [0.1, 0.15) is 39.0 Å². The fourth-order valence-electron chi connectivity index (χ4n) is 2.51. The zero-order chi connectivity index (χ0) is 13.4. The highest BCUT2D eigenvalue weighted by Gasteiger charge is 2.16. The van der Waals surface area contributed by atoms with Gasteiger partial charge in [-0.3, -0.25) is 4.79 Å². The van der Waals surface area contributed by atoms with Crippen molar-refractivity contribution in [1.82, 2.24) is 15.1 Å². The molecule has 0 saturated carbocycles. The number of hydrogen-bond donors (Lipinski definition) is 1. The third-order valence-corrected chi connectivity index (χ3v) is 3.63. The van der Waals surface area contributed by atoms with Gasteiger partial charge in [0.2, 0.25) is 5.91 Å². The average Bonchev–Trinajstić information content (AvgIpc) is 2.55. The Balaban J connectivity index is 2.17. The molecule has 0 aromatic rings. The largest absolute Gasteiger partial charge is 0.349 e. The van der Waals surface area contributed by atoms with Gasteiger partial charge in [0.05, 0.1) is 0 Å². The SMILES string of the molecule is CCCN1CCCC(NCCC(=O)N(C)C)CC1. The van der Waals surface area contributed by atoms with Gasteiger partial charge in [-0.2, -0.15) is 0 Å². The van der Waals surface area contributed by atoms with Crippen LogP contribution in [0.5, 0.6) is 0 Å². The minimum absolute atomic E-state index is 0.212. The van der Waals surface area contributed by atoms with Gasteiger partial charge in [0.15, 0.2) is 0 Å². The number of carbonyl (C=O) groups is 1.